The second-order valence-electron chi connectivity index (χ2n) is 2.83. The van der Waals surface area contributed by atoms with Gasteiger partial charge in [-0.05, 0) is 24.6 Å². The molecule has 0 atom stereocenters. The van der Waals surface area contributed by atoms with Crippen molar-refractivity contribution in [3.8, 4) is 0 Å². The van der Waals surface area contributed by atoms with Crippen LogP contribution in [0.1, 0.15) is 15.9 Å². The molecule has 2 aromatic rings. The number of aldehydes is 1. The van der Waals surface area contributed by atoms with Gasteiger partial charge >= 0.3 is 0 Å². The monoisotopic (exact) mass is 172 g/mol. The van der Waals surface area contributed by atoms with Crippen LogP contribution in [0.3, 0.4) is 0 Å². The van der Waals surface area contributed by atoms with Gasteiger partial charge in [0.25, 0.3) is 0 Å². The van der Waals surface area contributed by atoms with Crippen molar-refractivity contribution in [2.45, 2.75) is 6.92 Å². The molecule has 0 aliphatic rings. The minimum atomic E-state index is 0.603. The Morgan fingerprint density at radius 1 is 1.38 bits per heavy atom. The zero-order valence-electron chi connectivity index (χ0n) is 7.19. The number of nitrogens with zero attached hydrogens (tertiary/aromatic N) is 2. The van der Waals surface area contributed by atoms with Gasteiger partial charge < -0.3 is 0 Å². The summed E-state index contributed by atoms with van der Waals surface area (Å²) in [5.74, 6) is 0. The van der Waals surface area contributed by atoms with Crippen LogP contribution in [0.4, 0.5) is 0 Å². The second-order valence-corrected chi connectivity index (χ2v) is 2.83. The Hall–Kier alpha value is -1.77. The largest absolute Gasteiger partial charge is 0.298 e. The second kappa shape index (κ2) is 2.94. The van der Waals surface area contributed by atoms with E-state index in [1.807, 2.05) is 19.1 Å². The number of hydrogen-bond acceptors (Lipinski definition) is 3. The fraction of sp³-hybridized carbons (Fsp3) is 0.100. The van der Waals surface area contributed by atoms with Gasteiger partial charge in [0.2, 0.25) is 0 Å². The highest BCUT2D eigenvalue weighted by Crippen LogP contribution is 2.15. The first kappa shape index (κ1) is 7.86. The molecule has 0 fully saturated rings. The van der Waals surface area contributed by atoms with Crippen LogP contribution in [0.25, 0.3) is 11.0 Å². The smallest absolute Gasteiger partial charge is 0.151 e. The van der Waals surface area contributed by atoms with E-state index in [2.05, 4.69) is 9.97 Å². The van der Waals surface area contributed by atoms with Crippen molar-refractivity contribution >= 4 is 17.3 Å². The van der Waals surface area contributed by atoms with Gasteiger partial charge in [-0.3, -0.25) is 14.8 Å². The number of aryl methyl sites for hydroxylation is 1. The highest BCUT2D eigenvalue weighted by Gasteiger charge is 2.03. The molecule has 0 amide bonds. The molecule has 13 heavy (non-hydrogen) atoms. The van der Waals surface area contributed by atoms with E-state index in [0.717, 1.165) is 22.9 Å². The van der Waals surface area contributed by atoms with Crippen molar-refractivity contribution in [2.24, 2.45) is 0 Å². The quantitative estimate of drug-likeness (QED) is 0.615. The molecule has 0 saturated heterocycles. The van der Waals surface area contributed by atoms with Gasteiger partial charge in [-0.15, -0.1) is 0 Å². The molecule has 0 N–H and O–H groups in total. The molecule has 0 aromatic carbocycles. The number of rotatable bonds is 1. The van der Waals surface area contributed by atoms with Gasteiger partial charge in [-0.25, -0.2) is 0 Å². The third-order valence-electron chi connectivity index (χ3n) is 2.04. The average Bonchev–Trinajstić information content (AvgIpc) is 2.19. The van der Waals surface area contributed by atoms with E-state index in [1.165, 1.54) is 0 Å². The summed E-state index contributed by atoms with van der Waals surface area (Å²) in [6, 6.07) is 3.71. The number of aromatic nitrogens is 2. The van der Waals surface area contributed by atoms with E-state index in [1.54, 1.807) is 12.4 Å². The van der Waals surface area contributed by atoms with Crippen molar-refractivity contribution in [3.63, 3.8) is 0 Å². The Bertz CT molecular complexity index is 465. The normalized spacial score (nSPS) is 10.2. The van der Waals surface area contributed by atoms with Crippen LogP contribution in [-0.4, -0.2) is 16.3 Å². The molecule has 0 saturated carbocycles. The fourth-order valence-electron chi connectivity index (χ4n) is 1.28. The molecule has 0 aliphatic carbocycles. The lowest BCUT2D eigenvalue weighted by molar-refractivity contribution is 0.112. The van der Waals surface area contributed by atoms with E-state index in [9.17, 15) is 4.79 Å². The van der Waals surface area contributed by atoms with Crippen LogP contribution in [0, 0.1) is 6.92 Å². The lowest BCUT2D eigenvalue weighted by atomic mass is 10.1. The van der Waals surface area contributed by atoms with Crippen LogP contribution in [0.2, 0.25) is 0 Å². The molecule has 0 unspecified atom stereocenters. The maximum atomic E-state index is 10.6. The summed E-state index contributed by atoms with van der Waals surface area (Å²) in [7, 11) is 0. The Labute approximate surface area is 75.4 Å². The van der Waals surface area contributed by atoms with Crippen molar-refractivity contribution in [1.82, 2.24) is 9.97 Å². The van der Waals surface area contributed by atoms with E-state index in [0.29, 0.717) is 5.56 Å². The average molecular weight is 172 g/mol. The van der Waals surface area contributed by atoms with Crippen LogP contribution in [0.15, 0.2) is 24.5 Å². The van der Waals surface area contributed by atoms with Gasteiger partial charge in [0, 0.05) is 18.0 Å². The Kier molecular flexibility index (Phi) is 1.77. The molecule has 2 aromatic heterocycles. The van der Waals surface area contributed by atoms with E-state index in [-0.39, 0.29) is 0 Å². The minimum absolute atomic E-state index is 0.603. The number of carbonyl (C=O) groups is 1. The standard InChI is InChI=1S/C10H8N2O/c1-7-8(6-13)5-12-9-3-2-4-11-10(7)9/h2-6H,1H3. The molecule has 64 valence electrons. The molecular weight excluding hydrogens is 164 g/mol. The molecule has 0 spiro atoms. The highest BCUT2D eigenvalue weighted by molar-refractivity contribution is 5.87. The van der Waals surface area contributed by atoms with E-state index in [4.69, 9.17) is 0 Å². The summed E-state index contributed by atoms with van der Waals surface area (Å²) in [5.41, 5.74) is 3.12. The van der Waals surface area contributed by atoms with Gasteiger partial charge in [0.05, 0.1) is 11.0 Å². The first-order valence-electron chi connectivity index (χ1n) is 3.98. The van der Waals surface area contributed by atoms with Crippen LogP contribution >= 0.6 is 0 Å². The highest BCUT2D eigenvalue weighted by atomic mass is 16.1. The number of pyridine rings is 2. The predicted molar refractivity (Wildman–Crippen MR) is 49.7 cm³/mol. The maximum absolute atomic E-state index is 10.6. The molecule has 0 radical (unpaired) electrons. The van der Waals surface area contributed by atoms with Gasteiger partial charge in [0.15, 0.2) is 6.29 Å². The minimum Gasteiger partial charge on any atom is -0.298 e. The van der Waals surface area contributed by atoms with E-state index < -0.39 is 0 Å². The summed E-state index contributed by atoms with van der Waals surface area (Å²) in [6.45, 7) is 1.88. The summed E-state index contributed by atoms with van der Waals surface area (Å²) in [6.07, 6.45) is 4.08. The van der Waals surface area contributed by atoms with Crippen LogP contribution in [0.5, 0.6) is 0 Å². The van der Waals surface area contributed by atoms with Crippen LogP contribution in [-0.2, 0) is 0 Å². The number of hydrogen-bond donors (Lipinski definition) is 0. The zero-order valence-corrected chi connectivity index (χ0v) is 7.19. The van der Waals surface area contributed by atoms with E-state index >= 15 is 0 Å². The molecular formula is C10H8N2O. The first-order chi connectivity index (χ1) is 6.33. The third kappa shape index (κ3) is 1.18. The maximum Gasteiger partial charge on any atom is 0.151 e. The summed E-state index contributed by atoms with van der Waals surface area (Å²) in [4.78, 5) is 18.9. The molecule has 3 heteroatoms. The molecule has 0 aliphatic heterocycles. The van der Waals surface area contributed by atoms with Crippen molar-refractivity contribution in [3.05, 3.63) is 35.7 Å². The lowest BCUT2D eigenvalue weighted by Gasteiger charge is -2.01. The Morgan fingerprint density at radius 2 is 2.23 bits per heavy atom. The molecule has 2 heterocycles. The summed E-state index contributed by atoms with van der Waals surface area (Å²) < 4.78 is 0. The van der Waals surface area contributed by atoms with Crippen molar-refractivity contribution in [2.75, 3.05) is 0 Å². The number of carbonyl (C=O) groups excluding carboxylic acids is 1. The summed E-state index contributed by atoms with van der Waals surface area (Å²) in [5, 5.41) is 0. The topological polar surface area (TPSA) is 42.9 Å². The molecule has 2 rings (SSSR count). The summed E-state index contributed by atoms with van der Waals surface area (Å²) >= 11 is 0. The zero-order chi connectivity index (χ0) is 9.26. The first-order valence-corrected chi connectivity index (χ1v) is 3.98. The van der Waals surface area contributed by atoms with Gasteiger partial charge in [0.1, 0.15) is 0 Å². The number of fused-ring (bicyclic) bond motifs is 1. The molecule has 3 nitrogen and oxygen atoms in total. The van der Waals surface area contributed by atoms with Crippen molar-refractivity contribution in [1.29, 1.82) is 0 Å². The Balaban J connectivity index is 2.86. The predicted octanol–water partition coefficient (Wildman–Crippen LogP) is 1.75. The lowest BCUT2D eigenvalue weighted by Crippen LogP contribution is -1.92. The van der Waals surface area contributed by atoms with Gasteiger partial charge in [-0.2, -0.15) is 0 Å². The van der Waals surface area contributed by atoms with Gasteiger partial charge in [-0.1, -0.05) is 0 Å². The Morgan fingerprint density at radius 3 is 3.00 bits per heavy atom. The van der Waals surface area contributed by atoms with Crippen molar-refractivity contribution < 1.29 is 4.79 Å². The third-order valence-corrected chi connectivity index (χ3v) is 2.04. The molecule has 0 bridgehead atoms. The SMILES string of the molecule is Cc1c(C=O)cnc2cccnc12. The van der Waals surface area contributed by atoms with Crippen LogP contribution < -0.4 is 0 Å². The fourth-order valence-corrected chi connectivity index (χ4v) is 1.28.